The van der Waals surface area contributed by atoms with Crippen molar-refractivity contribution in [1.29, 1.82) is 0 Å². The van der Waals surface area contributed by atoms with Crippen LogP contribution in [0, 0.1) is 0 Å². The Labute approximate surface area is 249 Å². The fraction of sp³-hybridized carbons (Fsp3) is 0.162. The third kappa shape index (κ3) is 4.44. The first-order valence-corrected chi connectivity index (χ1v) is 14.5. The number of nitrogens with zero attached hydrogens (tertiary/aromatic N) is 2. The summed E-state index contributed by atoms with van der Waals surface area (Å²) in [6.07, 6.45) is 5.25. The zero-order valence-corrected chi connectivity index (χ0v) is 24.1. The Balaban J connectivity index is 1.19. The molecular formula is C37H31N3O3. The molecular weight excluding hydrogens is 534 g/mol. The molecule has 0 amide bonds. The van der Waals surface area contributed by atoms with E-state index in [0.717, 1.165) is 24.9 Å². The van der Waals surface area contributed by atoms with E-state index in [1.165, 1.54) is 49.9 Å². The molecule has 0 unspecified atom stereocenters. The average Bonchev–Trinajstić information content (AvgIpc) is 3.48. The number of carboxylic acids is 1. The van der Waals surface area contributed by atoms with Crippen LogP contribution in [0.2, 0.25) is 0 Å². The van der Waals surface area contributed by atoms with Crippen LogP contribution in [0.3, 0.4) is 0 Å². The van der Waals surface area contributed by atoms with Gasteiger partial charge in [-0.3, -0.25) is 9.89 Å². The number of aromatic amines is 1. The predicted octanol–water partition coefficient (Wildman–Crippen LogP) is 7.58. The Hall–Kier alpha value is -5.32. The van der Waals surface area contributed by atoms with Gasteiger partial charge < -0.3 is 10.0 Å². The summed E-state index contributed by atoms with van der Waals surface area (Å²) in [5.74, 6) is -1.20. The summed E-state index contributed by atoms with van der Waals surface area (Å²) in [5.41, 5.74) is 13.0. The molecule has 0 fully saturated rings. The quantitative estimate of drug-likeness (QED) is 0.215. The van der Waals surface area contributed by atoms with Crippen LogP contribution in [0.1, 0.15) is 58.6 Å². The summed E-state index contributed by atoms with van der Waals surface area (Å²) >= 11 is 0. The maximum Gasteiger partial charge on any atom is 0.354 e. The first kappa shape index (κ1) is 26.6. The van der Waals surface area contributed by atoms with Gasteiger partial charge in [0.15, 0.2) is 5.69 Å². The van der Waals surface area contributed by atoms with E-state index in [2.05, 4.69) is 84.2 Å². The molecule has 2 N–H and O–H groups in total. The molecule has 1 aromatic heterocycles. The van der Waals surface area contributed by atoms with Gasteiger partial charge >= 0.3 is 5.97 Å². The van der Waals surface area contributed by atoms with Gasteiger partial charge in [-0.1, -0.05) is 68.4 Å². The van der Waals surface area contributed by atoms with Crippen molar-refractivity contribution in [1.82, 2.24) is 9.78 Å². The van der Waals surface area contributed by atoms with Crippen molar-refractivity contribution in [3.63, 3.8) is 0 Å². The molecule has 5 aromatic rings. The van der Waals surface area contributed by atoms with E-state index >= 15 is 0 Å². The minimum absolute atomic E-state index is 0.0498. The Bertz CT molecular complexity index is 2020. The number of rotatable bonds is 5. The number of nitrogens with one attached hydrogen (secondary N) is 1. The standard InChI is InChI=1S/C37H31N3O3/c1-37(2)31-16-7-6-14-28(31)29-19-18-27(23-32(29)37)39-21-9-11-25-22-24(17-20-33(25)39)10-8-15-30-34(36(42)43)38-40(35(30)41)26-12-4-3-5-13-26/h3-7,10,12-20,22-23,38H,9,11,21H2,1-2H3,(H,42,43). The topological polar surface area (TPSA) is 78.3 Å². The molecule has 0 spiro atoms. The SMILES string of the molecule is CC1(C)c2ccccc2-c2ccc(N3CCCc4cc(C=C=Cc5c(C(=O)O)[nH]n(-c6ccccc6)c5=O)ccc43)cc21. The molecule has 212 valence electrons. The van der Waals surface area contributed by atoms with Gasteiger partial charge in [-0.05, 0) is 94.8 Å². The number of anilines is 2. The smallest absolute Gasteiger partial charge is 0.354 e. The van der Waals surface area contributed by atoms with E-state index in [1.54, 1.807) is 30.3 Å². The van der Waals surface area contributed by atoms with Crippen LogP contribution in [0.15, 0.2) is 102 Å². The number of benzene rings is 4. The van der Waals surface area contributed by atoms with Crippen LogP contribution >= 0.6 is 0 Å². The molecule has 7 rings (SSSR count). The molecule has 0 radical (unpaired) electrons. The van der Waals surface area contributed by atoms with Crippen molar-refractivity contribution in [3.8, 4) is 16.8 Å². The number of para-hydroxylation sites is 1. The Morgan fingerprint density at radius 3 is 2.47 bits per heavy atom. The van der Waals surface area contributed by atoms with E-state index in [-0.39, 0.29) is 16.7 Å². The number of H-pyrrole nitrogens is 1. The second-order valence-electron chi connectivity index (χ2n) is 11.7. The normalized spacial score (nSPS) is 14.3. The van der Waals surface area contributed by atoms with Crippen LogP contribution in [-0.2, 0) is 11.8 Å². The third-order valence-corrected chi connectivity index (χ3v) is 8.73. The highest BCUT2D eigenvalue weighted by atomic mass is 16.4. The largest absolute Gasteiger partial charge is 0.477 e. The second-order valence-corrected chi connectivity index (χ2v) is 11.7. The minimum atomic E-state index is -1.20. The van der Waals surface area contributed by atoms with E-state index in [0.29, 0.717) is 5.69 Å². The van der Waals surface area contributed by atoms with Crippen LogP contribution in [0.5, 0.6) is 0 Å². The van der Waals surface area contributed by atoms with Gasteiger partial charge in [0.1, 0.15) is 0 Å². The number of hydrogen-bond acceptors (Lipinski definition) is 3. The Kier molecular flexibility index (Phi) is 6.30. The average molecular weight is 566 g/mol. The number of hydrogen-bond donors (Lipinski definition) is 2. The molecule has 2 heterocycles. The lowest BCUT2D eigenvalue weighted by Gasteiger charge is -2.33. The summed E-state index contributed by atoms with van der Waals surface area (Å²) in [6, 6.07) is 30.8. The molecule has 6 nitrogen and oxygen atoms in total. The number of carboxylic acid groups (broad SMARTS) is 1. The second kappa shape index (κ2) is 10.2. The van der Waals surface area contributed by atoms with Gasteiger partial charge in [-0.25, -0.2) is 9.48 Å². The molecule has 0 bridgehead atoms. The van der Waals surface area contributed by atoms with Crippen molar-refractivity contribution < 1.29 is 9.90 Å². The highest BCUT2D eigenvalue weighted by Gasteiger charge is 2.35. The highest BCUT2D eigenvalue weighted by molar-refractivity contribution is 5.90. The third-order valence-electron chi connectivity index (χ3n) is 8.73. The van der Waals surface area contributed by atoms with E-state index < -0.39 is 11.5 Å². The zero-order chi connectivity index (χ0) is 29.7. The molecule has 1 aliphatic heterocycles. The van der Waals surface area contributed by atoms with Crippen LogP contribution in [0.25, 0.3) is 29.0 Å². The summed E-state index contributed by atoms with van der Waals surface area (Å²) in [7, 11) is 0. The minimum Gasteiger partial charge on any atom is -0.477 e. The molecule has 2 aliphatic rings. The maximum absolute atomic E-state index is 13.1. The Morgan fingerprint density at radius 2 is 1.65 bits per heavy atom. The van der Waals surface area contributed by atoms with Crippen LogP contribution < -0.4 is 10.5 Å². The summed E-state index contributed by atoms with van der Waals surface area (Å²) in [6.45, 7) is 5.57. The molecule has 4 aromatic carbocycles. The summed E-state index contributed by atoms with van der Waals surface area (Å²) in [4.78, 5) is 27.3. The summed E-state index contributed by atoms with van der Waals surface area (Å²) in [5, 5.41) is 12.4. The Morgan fingerprint density at radius 1 is 0.884 bits per heavy atom. The van der Waals surface area contributed by atoms with Crippen LogP contribution in [0.4, 0.5) is 11.4 Å². The van der Waals surface area contributed by atoms with E-state index in [4.69, 9.17) is 0 Å². The number of aryl methyl sites for hydroxylation is 1. The van der Waals surface area contributed by atoms with E-state index in [9.17, 15) is 14.7 Å². The number of aromatic carboxylic acids is 1. The molecule has 43 heavy (non-hydrogen) atoms. The molecule has 0 saturated carbocycles. The molecule has 1 aliphatic carbocycles. The van der Waals surface area contributed by atoms with Gasteiger partial charge in [-0.15, -0.1) is 5.73 Å². The molecule has 0 atom stereocenters. The monoisotopic (exact) mass is 565 g/mol. The van der Waals surface area contributed by atoms with E-state index in [1.807, 2.05) is 12.1 Å². The lowest BCUT2D eigenvalue weighted by atomic mass is 9.82. The zero-order valence-electron chi connectivity index (χ0n) is 24.1. The van der Waals surface area contributed by atoms with Crippen molar-refractivity contribution in [2.75, 3.05) is 11.4 Å². The maximum atomic E-state index is 13.1. The lowest BCUT2D eigenvalue weighted by molar-refractivity contribution is 0.0689. The lowest BCUT2D eigenvalue weighted by Crippen LogP contribution is -2.25. The summed E-state index contributed by atoms with van der Waals surface area (Å²) < 4.78 is 1.24. The fourth-order valence-electron chi connectivity index (χ4n) is 6.56. The van der Waals surface area contributed by atoms with Gasteiger partial charge in [-0.2, -0.15) is 0 Å². The highest BCUT2D eigenvalue weighted by Crippen LogP contribution is 2.50. The van der Waals surface area contributed by atoms with Crippen molar-refractivity contribution in [2.24, 2.45) is 0 Å². The van der Waals surface area contributed by atoms with Gasteiger partial charge in [0.25, 0.3) is 5.56 Å². The van der Waals surface area contributed by atoms with Gasteiger partial charge in [0, 0.05) is 23.3 Å². The molecule has 0 saturated heterocycles. The number of carbonyl (C=O) groups is 1. The van der Waals surface area contributed by atoms with Crippen molar-refractivity contribution in [2.45, 2.75) is 32.1 Å². The van der Waals surface area contributed by atoms with Crippen molar-refractivity contribution in [3.05, 3.63) is 141 Å². The first-order chi connectivity index (χ1) is 20.8. The van der Waals surface area contributed by atoms with Crippen LogP contribution in [-0.4, -0.2) is 27.4 Å². The van der Waals surface area contributed by atoms with Crippen molar-refractivity contribution >= 4 is 29.5 Å². The van der Waals surface area contributed by atoms with Gasteiger partial charge in [0.05, 0.1) is 11.3 Å². The number of fused-ring (bicyclic) bond motifs is 4. The fourth-order valence-corrected chi connectivity index (χ4v) is 6.56. The number of aromatic nitrogens is 2. The molecule has 6 heteroatoms. The van der Waals surface area contributed by atoms with Gasteiger partial charge in [0.2, 0.25) is 0 Å². The predicted molar refractivity (Wildman–Crippen MR) is 172 cm³/mol. The first-order valence-electron chi connectivity index (χ1n) is 14.5.